The maximum atomic E-state index is 12.0. The lowest BCUT2D eigenvalue weighted by molar-refractivity contribution is -0.117. The largest absolute Gasteiger partial charge is 0.387 e. The molecule has 0 bridgehead atoms. The topological polar surface area (TPSA) is 81.8 Å². The van der Waals surface area contributed by atoms with Crippen molar-refractivity contribution < 1.29 is 14.4 Å². The number of aryl methyl sites for hydroxylation is 1. The summed E-state index contributed by atoms with van der Waals surface area (Å²) < 4.78 is 4.93. The number of aromatic nitrogens is 1. The van der Waals surface area contributed by atoms with Crippen LogP contribution in [0.3, 0.4) is 0 Å². The number of amides is 1. The molecule has 1 atom stereocenters. The van der Waals surface area contributed by atoms with Gasteiger partial charge in [0, 0.05) is 38.8 Å². The van der Waals surface area contributed by atoms with Crippen LogP contribution in [0.25, 0.3) is 0 Å². The van der Waals surface area contributed by atoms with E-state index in [1.54, 1.807) is 13.0 Å². The molecule has 134 valence electrons. The maximum Gasteiger partial charge on any atom is 0.239 e. The van der Waals surface area contributed by atoms with Crippen LogP contribution >= 0.6 is 0 Å². The van der Waals surface area contributed by atoms with Crippen molar-refractivity contribution in [2.45, 2.75) is 13.0 Å². The van der Waals surface area contributed by atoms with Crippen molar-refractivity contribution in [2.75, 3.05) is 44.6 Å². The van der Waals surface area contributed by atoms with E-state index in [0.29, 0.717) is 24.7 Å². The standard InChI is InChI=1S/C18H24N4O3/c1-14-11-17(20-25-14)19-18(24)13-22-9-7-21(8-10-22)12-16(23)15-5-3-2-4-6-15/h2-6,11,16,23H,7-10,12-13H2,1H3,(H,19,20,24). The Morgan fingerprint density at radius 3 is 2.56 bits per heavy atom. The molecule has 1 aromatic carbocycles. The van der Waals surface area contributed by atoms with Gasteiger partial charge in [-0.1, -0.05) is 35.5 Å². The van der Waals surface area contributed by atoms with E-state index in [9.17, 15) is 9.90 Å². The number of nitrogens with one attached hydrogen (secondary N) is 1. The third-order valence-corrected chi connectivity index (χ3v) is 4.34. The van der Waals surface area contributed by atoms with Crippen molar-refractivity contribution in [3.8, 4) is 0 Å². The van der Waals surface area contributed by atoms with Gasteiger partial charge in [0.05, 0.1) is 12.6 Å². The summed E-state index contributed by atoms with van der Waals surface area (Å²) in [5.41, 5.74) is 0.937. The second-order valence-electron chi connectivity index (χ2n) is 6.37. The van der Waals surface area contributed by atoms with E-state index in [0.717, 1.165) is 31.7 Å². The number of carbonyl (C=O) groups is 1. The fraction of sp³-hybridized carbons (Fsp3) is 0.444. The number of carbonyl (C=O) groups excluding carboxylic acids is 1. The normalized spacial score (nSPS) is 17.4. The van der Waals surface area contributed by atoms with Gasteiger partial charge in [-0.05, 0) is 12.5 Å². The zero-order valence-corrected chi connectivity index (χ0v) is 14.4. The molecule has 1 aliphatic heterocycles. The second-order valence-corrected chi connectivity index (χ2v) is 6.37. The highest BCUT2D eigenvalue weighted by Gasteiger charge is 2.21. The maximum absolute atomic E-state index is 12.0. The minimum absolute atomic E-state index is 0.0916. The number of benzene rings is 1. The highest BCUT2D eigenvalue weighted by Crippen LogP contribution is 2.15. The van der Waals surface area contributed by atoms with E-state index in [-0.39, 0.29) is 5.91 Å². The van der Waals surface area contributed by atoms with Gasteiger partial charge in [0.15, 0.2) is 5.82 Å². The Balaban J connectivity index is 1.40. The molecule has 3 rings (SSSR count). The van der Waals surface area contributed by atoms with Crippen molar-refractivity contribution in [1.29, 1.82) is 0 Å². The Morgan fingerprint density at radius 1 is 1.24 bits per heavy atom. The fourth-order valence-corrected chi connectivity index (χ4v) is 2.97. The predicted molar refractivity (Wildman–Crippen MR) is 94.2 cm³/mol. The zero-order chi connectivity index (χ0) is 17.6. The molecule has 1 amide bonds. The van der Waals surface area contributed by atoms with Crippen molar-refractivity contribution in [2.24, 2.45) is 0 Å². The highest BCUT2D eigenvalue weighted by molar-refractivity contribution is 5.91. The van der Waals surface area contributed by atoms with Crippen LogP contribution in [0.5, 0.6) is 0 Å². The van der Waals surface area contributed by atoms with Crippen molar-refractivity contribution >= 4 is 11.7 Å². The number of aliphatic hydroxyl groups is 1. The van der Waals surface area contributed by atoms with Crippen LogP contribution in [0.4, 0.5) is 5.82 Å². The van der Waals surface area contributed by atoms with Gasteiger partial charge in [-0.3, -0.25) is 14.6 Å². The Kier molecular flexibility index (Phi) is 5.80. The van der Waals surface area contributed by atoms with Gasteiger partial charge in [0.1, 0.15) is 5.76 Å². The molecule has 2 N–H and O–H groups in total. The van der Waals surface area contributed by atoms with E-state index in [2.05, 4.69) is 20.3 Å². The highest BCUT2D eigenvalue weighted by atomic mass is 16.5. The van der Waals surface area contributed by atoms with Gasteiger partial charge in [-0.25, -0.2) is 0 Å². The van der Waals surface area contributed by atoms with Crippen molar-refractivity contribution in [3.63, 3.8) is 0 Å². The Bertz CT molecular complexity index is 681. The summed E-state index contributed by atoms with van der Waals surface area (Å²) in [6, 6.07) is 11.4. The number of piperazine rings is 1. The summed E-state index contributed by atoms with van der Waals surface area (Å²) in [5, 5.41) is 16.8. The summed E-state index contributed by atoms with van der Waals surface area (Å²) >= 11 is 0. The number of hydrogen-bond donors (Lipinski definition) is 2. The molecule has 0 spiro atoms. The summed E-state index contributed by atoms with van der Waals surface area (Å²) in [6.45, 7) is 6.00. The lowest BCUT2D eigenvalue weighted by atomic mass is 10.1. The molecule has 1 aromatic heterocycles. The van der Waals surface area contributed by atoms with E-state index in [1.165, 1.54) is 0 Å². The average Bonchev–Trinajstić information content (AvgIpc) is 3.02. The lowest BCUT2D eigenvalue weighted by Gasteiger charge is -2.35. The number of β-amino-alcohol motifs (C(OH)–C–C–N with tert-alkyl or cyclic N) is 1. The molecule has 1 unspecified atom stereocenters. The zero-order valence-electron chi connectivity index (χ0n) is 14.4. The Morgan fingerprint density at radius 2 is 1.92 bits per heavy atom. The summed E-state index contributed by atoms with van der Waals surface area (Å²) in [5.74, 6) is 1.03. The first-order valence-corrected chi connectivity index (χ1v) is 8.51. The van der Waals surface area contributed by atoms with E-state index >= 15 is 0 Å². The number of nitrogens with zero attached hydrogens (tertiary/aromatic N) is 3. The smallest absolute Gasteiger partial charge is 0.239 e. The third kappa shape index (κ3) is 5.12. The van der Waals surface area contributed by atoms with Crippen LogP contribution in [0, 0.1) is 6.92 Å². The molecule has 1 fully saturated rings. The number of hydrogen-bond acceptors (Lipinski definition) is 6. The van der Waals surface area contributed by atoms with Crippen LogP contribution in [-0.2, 0) is 4.79 Å². The molecule has 0 saturated carbocycles. The Hall–Kier alpha value is -2.22. The van der Waals surface area contributed by atoms with E-state index in [1.807, 2.05) is 30.3 Å². The van der Waals surface area contributed by atoms with Crippen LogP contribution in [0.2, 0.25) is 0 Å². The SMILES string of the molecule is Cc1cc(NC(=O)CN2CCN(CC(O)c3ccccc3)CC2)no1. The Labute approximate surface area is 147 Å². The molecule has 7 nitrogen and oxygen atoms in total. The van der Waals surface area contributed by atoms with Gasteiger partial charge in [-0.15, -0.1) is 0 Å². The van der Waals surface area contributed by atoms with Crippen LogP contribution in [-0.4, -0.2) is 65.2 Å². The minimum atomic E-state index is -0.480. The second kappa shape index (κ2) is 8.24. The van der Waals surface area contributed by atoms with Gasteiger partial charge in [-0.2, -0.15) is 0 Å². The van der Waals surface area contributed by atoms with Crippen molar-refractivity contribution in [3.05, 3.63) is 47.7 Å². The van der Waals surface area contributed by atoms with Crippen LogP contribution < -0.4 is 5.32 Å². The molecule has 1 saturated heterocycles. The van der Waals surface area contributed by atoms with Gasteiger partial charge >= 0.3 is 0 Å². The van der Waals surface area contributed by atoms with Crippen LogP contribution in [0.1, 0.15) is 17.4 Å². The summed E-state index contributed by atoms with van der Waals surface area (Å²) in [7, 11) is 0. The first-order chi connectivity index (χ1) is 12.1. The van der Waals surface area contributed by atoms with E-state index in [4.69, 9.17) is 4.52 Å². The molecule has 0 radical (unpaired) electrons. The third-order valence-electron chi connectivity index (χ3n) is 4.34. The molecule has 0 aliphatic carbocycles. The molecule has 2 heterocycles. The molecule has 1 aliphatic rings. The first-order valence-electron chi connectivity index (χ1n) is 8.51. The lowest BCUT2D eigenvalue weighted by Crippen LogP contribution is -2.49. The molecular weight excluding hydrogens is 320 g/mol. The van der Waals surface area contributed by atoms with Crippen molar-refractivity contribution in [1.82, 2.24) is 15.0 Å². The van der Waals surface area contributed by atoms with Gasteiger partial charge < -0.3 is 14.9 Å². The van der Waals surface area contributed by atoms with E-state index < -0.39 is 6.10 Å². The monoisotopic (exact) mass is 344 g/mol. The quantitative estimate of drug-likeness (QED) is 0.821. The summed E-state index contributed by atoms with van der Waals surface area (Å²) in [6.07, 6.45) is -0.480. The average molecular weight is 344 g/mol. The minimum Gasteiger partial charge on any atom is -0.387 e. The number of rotatable bonds is 6. The molecular formula is C18H24N4O3. The van der Waals surface area contributed by atoms with Crippen LogP contribution in [0.15, 0.2) is 40.9 Å². The summed E-state index contributed by atoms with van der Waals surface area (Å²) in [4.78, 5) is 16.4. The number of aliphatic hydroxyl groups excluding tert-OH is 1. The molecule has 2 aromatic rings. The fourth-order valence-electron chi connectivity index (χ4n) is 2.97. The molecule has 25 heavy (non-hydrogen) atoms. The first kappa shape index (κ1) is 17.6. The number of anilines is 1. The van der Waals surface area contributed by atoms with Gasteiger partial charge in [0.25, 0.3) is 0 Å². The predicted octanol–water partition coefficient (Wildman–Crippen LogP) is 1.27. The van der Waals surface area contributed by atoms with Gasteiger partial charge in [0.2, 0.25) is 5.91 Å². The molecule has 7 heteroatoms.